The molecule has 0 saturated carbocycles. The summed E-state index contributed by atoms with van der Waals surface area (Å²) in [7, 11) is 51.4. The fourth-order valence-electron chi connectivity index (χ4n) is 14.6. The molecule has 0 bridgehead atoms. The quantitative estimate of drug-likeness (QED) is 0.147. The summed E-state index contributed by atoms with van der Waals surface area (Å²) in [5.74, 6) is 0. The Morgan fingerprint density at radius 2 is 0.410 bits per heavy atom. The Bertz CT molecular complexity index is 4420. The van der Waals surface area contributed by atoms with Crippen LogP contribution in [0.2, 0.25) is 0 Å². The van der Waals surface area contributed by atoms with Crippen molar-refractivity contribution >= 4 is 336 Å². The van der Waals surface area contributed by atoms with Gasteiger partial charge in [-0.1, -0.05) is 130 Å². The highest BCUT2D eigenvalue weighted by Gasteiger charge is 2.28. The average molecular weight is 973 g/mol. The van der Waals surface area contributed by atoms with Crippen molar-refractivity contribution in [3.8, 4) is 55.9 Å². The van der Waals surface area contributed by atoms with E-state index in [1.165, 1.54) is 220 Å². The molecule has 350 valence electrons. The van der Waals surface area contributed by atoms with E-state index in [4.69, 9.17) is 0 Å². The van der Waals surface area contributed by atoms with Crippen LogP contribution in [0, 0.1) is 0 Å². The number of benzene rings is 9. The third kappa shape index (κ3) is 7.56. The zero-order valence-corrected chi connectivity index (χ0v) is 51.0. The van der Waals surface area contributed by atoms with Crippen molar-refractivity contribution in [1.82, 2.24) is 9.13 Å². The smallest absolute Gasteiger partial charge is 0.141 e. The molecule has 2 aromatic heterocycles. The largest absolute Gasteiger partial charge is 0.310 e. The van der Waals surface area contributed by atoms with E-state index >= 15 is 0 Å². The topological polar surface area (TPSA) is 9.86 Å². The van der Waals surface area contributed by atoms with E-state index in [1.807, 2.05) is 0 Å². The fourth-order valence-corrected chi connectivity index (χ4v) is 14.6. The molecule has 0 aliphatic heterocycles. The van der Waals surface area contributed by atoms with Gasteiger partial charge in [-0.2, -0.15) is 0 Å². The number of para-hydroxylation sites is 2. The van der Waals surface area contributed by atoms with Gasteiger partial charge in [0.1, 0.15) is 173 Å². The Balaban J connectivity index is 1.07. The molecule has 2 nitrogen and oxygen atoms in total. The molecular weight excluding hydrogens is 914 g/mol. The average Bonchev–Trinajstić information content (AvgIpc) is 4.08. The highest BCUT2D eigenvalue weighted by molar-refractivity contribution is 6.73. The predicted molar refractivity (Wildman–Crippen MR) is 417 cm³/mol. The van der Waals surface area contributed by atoms with Gasteiger partial charge in [0.15, 0.2) is 0 Å². The lowest BCUT2D eigenvalue weighted by Gasteiger charge is -2.30. The van der Waals surface area contributed by atoms with Gasteiger partial charge in [-0.05, 0) is 80.9 Å². The maximum absolute atomic E-state index is 2.57. The monoisotopic (exact) mass is 977 g/mol. The number of rotatable bonds is 6. The first-order valence-electron chi connectivity index (χ1n) is 28.5. The molecule has 2 heterocycles. The third-order valence-corrected chi connectivity index (χ3v) is 20.7. The summed E-state index contributed by atoms with van der Waals surface area (Å²) in [4.78, 5) is 0. The van der Waals surface area contributed by atoms with Crippen LogP contribution in [0.3, 0.4) is 0 Å². The van der Waals surface area contributed by atoms with E-state index in [9.17, 15) is 0 Å². The lowest BCUT2D eigenvalue weighted by Crippen LogP contribution is -2.57. The van der Waals surface area contributed by atoms with Gasteiger partial charge in [0.25, 0.3) is 0 Å². The van der Waals surface area contributed by atoms with Gasteiger partial charge in [0, 0.05) is 32.9 Å². The normalized spacial score (nSPS) is 11.7. The molecule has 24 heteroatoms. The van der Waals surface area contributed by atoms with Crippen LogP contribution in [0.4, 0.5) is 0 Å². The summed E-state index contributed by atoms with van der Waals surface area (Å²) >= 11 is 0. The maximum atomic E-state index is 2.57. The van der Waals surface area contributed by atoms with E-state index in [0.717, 1.165) is 0 Å². The highest BCUT2D eigenvalue weighted by atomic mass is 15.0. The molecule has 0 aliphatic carbocycles. The van der Waals surface area contributed by atoms with E-state index < -0.39 is 0 Å². The molecule has 0 atom stereocenters. The molecule has 78 heavy (non-hydrogen) atoms. The zero-order chi connectivity index (χ0) is 56.1. The molecule has 0 radical (unpaired) electrons. The third-order valence-electron chi connectivity index (χ3n) is 20.7. The number of nitrogens with zero attached hydrogens (tertiary/aromatic N) is 2. The first-order valence-corrected chi connectivity index (χ1v) is 28.5. The van der Waals surface area contributed by atoms with Gasteiger partial charge in [0.2, 0.25) is 0 Å². The molecule has 0 saturated heterocycles. The summed E-state index contributed by atoms with van der Waals surface area (Å²) in [6.45, 7) is 0. The second-order valence-corrected chi connectivity index (χ2v) is 23.9. The zero-order valence-electron chi connectivity index (χ0n) is 51.0. The van der Waals surface area contributed by atoms with Crippen LogP contribution in [0.5, 0.6) is 0 Å². The van der Waals surface area contributed by atoms with Gasteiger partial charge in [-0.3, -0.25) is 0 Å². The SMILES string of the molecule is Bc1c(B)c(B)c(-c2c(B)c(B)c(-n3c4ccccc4c4cc(-c5ccc6c(c5)c5ccccc5n6-c5c(B)c(B)c(-c6c(B)c(B)c(B)c(-c7c(B)c(B)c(B)c(B)c7B)c6B)c(B)c5B)ccc43)c(B)c2B)c(B)c1B. The Hall–Kier alpha value is -5.99. The molecule has 0 unspecified atom stereocenters. The van der Waals surface area contributed by atoms with Crippen molar-refractivity contribution in [3.05, 3.63) is 84.9 Å². The number of hydrogen-bond donors (Lipinski definition) is 0. The van der Waals surface area contributed by atoms with Crippen molar-refractivity contribution in [3.63, 3.8) is 0 Å². The predicted octanol–water partition coefficient (Wildman–Crippen LogP) is -23.8. The molecule has 11 rings (SSSR count). The second-order valence-electron chi connectivity index (χ2n) is 23.9. The van der Waals surface area contributed by atoms with Crippen molar-refractivity contribution in [1.29, 1.82) is 0 Å². The Kier molecular flexibility index (Phi) is 13.4. The number of aromatic nitrogens is 2. The first-order chi connectivity index (χ1) is 36.9. The number of hydrogen-bond acceptors (Lipinski definition) is 0. The molecule has 0 spiro atoms. The number of fused-ring (bicyclic) bond motifs is 6. The van der Waals surface area contributed by atoms with Gasteiger partial charge < -0.3 is 9.13 Å². The highest BCUT2D eigenvalue weighted by Crippen LogP contribution is 2.38. The van der Waals surface area contributed by atoms with Crippen LogP contribution in [0.25, 0.3) is 99.5 Å². The van der Waals surface area contributed by atoms with Crippen LogP contribution in [-0.4, -0.2) is 182 Å². The minimum Gasteiger partial charge on any atom is -0.310 e. The first kappa shape index (κ1) is 54.0. The second kappa shape index (κ2) is 19.4. The van der Waals surface area contributed by atoms with E-state index in [1.54, 1.807) is 0 Å². The Labute approximate surface area is 483 Å². The van der Waals surface area contributed by atoms with Gasteiger partial charge in [0.05, 0.1) is 22.1 Å². The minimum atomic E-state index is 1.22. The summed E-state index contributed by atoms with van der Waals surface area (Å²) in [6, 6.07) is 32.4. The van der Waals surface area contributed by atoms with Crippen LogP contribution < -0.4 is 120 Å². The standard InChI is InChI=1S/C54H58B22N2/c55-31-25(27-34(58)43(67)47(71)44(68)35(27)59)32(56)42(66)33(57)26(31)28-38(62)49(73)53(50(74)39(28)63)77-21-7-3-1-5-17(21)19-13-15(9-11-23(19)77)16-10-12-24-20(14-16)18-6-2-4-8-22(18)78(24)54-51(75)40(64)30(41(65)52(54)76)29-36(60)45(69)48(72)46(70)37(29)61/h1-14H,55-76H2. The Morgan fingerprint density at radius 3 is 0.705 bits per heavy atom. The van der Waals surface area contributed by atoms with Gasteiger partial charge in [-0.25, -0.2) is 0 Å². The van der Waals surface area contributed by atoms with Crippen LogP contribution in [0.1, 0.15) is 0 Å². The van der Waals surface area contributed by atoms with Crippen molar-refractivity contribution in [2.24, 2.45) is 0 Å². The van der Waals surface area contributed by atoms with E-state index in [0.29, 0.717) is 0 Å². The van der Waals surface area contributed by atoms with Crippen molar-refractivity contribution < 1.29 is 0 Å². The van der Waals surface area contributed by atoms with Crippen molar-refractivity contribution in [2.45, 2.75) is 0 Å². The molecule has 11 aromatic rings. The molecular formula is C54H58B22N2. The van der Waals surface area contributed by atoms with Gasteiger partial charge in [-0.15, -0.1) is 38.2 Å². The summed E-state index contributed by atoms with van der Waals surface area (Å²) in [5.41, 5.74) is 48.6. The minimum absolute atomic E-state index is 1.22. The summed E-state index contributed by atoms with van der Waals surface area (Å²) < 4.78 is 5.12. The molecule has 0 aliphatic rings. The van der Waals surface area contributed by atoms with Gasteiger partial charge >= 0.3 is 0 Å². The lowest BCUT2D eigenvalue weighted by atomic mass is 9.55. The Morgan fingerprint density at radius 1 is 0.192 bits per heavy atom. The summed E-state index contributed by atoms with van der Waals surface area (Å²) in [5, 5.41) is 5.08. The molecule has 0 N–H and O–H groups in total. The molecule has 0 amide bonds. The summed E-state index contributed by atoms with van der Waals surface area (Å²) in [6.07, 6.45) is 0. The fraction of sp³-hybridized carbons (Fsp3) is 0. The lowest BCUT2D eigenvalue weighted by molar-refractivity contribution is 1.21. The molecule has 9 aromatic carbocycles. The van der Waals surface area contributed by atoms with Crippen LogP contribution in [0.15, 0.2) is 84.9 Å². The van der Waals surface area contributed by atoms with Crippen LogP contribution >= 0.6 is 0 Å². The molecule has 0 fully saturated rings. The van der Waals surface area contributed by atoms with E-state index in [2.05, 4.69) is 267 Å². The van der Waals surface area contributed by atoms with E-state index in [-0.39, 0.29) is 0 Å². The van der Waals surface area contributed by atoms with Crippen molar-refractivity contribution in [2.75, 3.05) is 0 Å². The van der Waals surface area contributed by atoms with Crippen LogP contribution in [-0.2, 0) is 0 Å². The maximum Gasteiger partial charge on any atom is 0.141 e.